The van der Waals surface area contributed by atoms with Crippen molar-refractivity contribution in [2.45, 2.75) is 25.5 Å². The highest BCUT2D eigenvalue weighted by Crippen LogP contribution is 2.34. The number of carbonyl (C=O) groups excluding carboxylic acids is 1. The Labute approximate surface area is 150 Å². The summed E-state index contributed by atoms with van der Waals surface area (Å²) < 4.78 is 11.2. The van der Waals surface area contributed by atoms with Crippen LogP contribution in [-0.2, 0) is 20.8 Å². The number of rotatable bonds is 6. The van der Waals surface area contributed by atoms with Crippen molar-refractivity contribution in [2.24, 2.45) is 11.8 Å². The Morgan fingerprint density at radius 1 is 1.44 bits per heavy atom. The molecule has 0 N–H and O–H groups in total. The maximum Gasteiger partial charge on any atom is 0.226 e. The molecule has 1 aromatic heterocycles. The fraction of sp³-hybridized carbons (Fsp3) is 0.684. The number of hydrogen-bond donors (Lipinski definition) is 0. The Morgan fingerprint density at radius 3 is 3.08 bits per heavy atom. The molecule has 0 spiro atoms. The van der Waals surface area contributed by atoms with Gasteiger partial charge in [0.25, 0.3) is 0 Å². The predicted octanol–water partition coefficient (Wildman–Crippen LogP) is 1.41. The first-order valence-electron chi connectivity index (χ1n) is 9.17. The van der Waals surface area contributed by atoms with E-state index < -0.39 is 0 Å². The van der Waals surface area contributed by atoms with E-state index in [2.05, 4.69) is 9.88 Å². The summed E-state index contributed by atoms with van der Waals surface area (Å²) in [6.07, 6.45) is 3.80. The minimum absolute atomic E-state index is 0.0396. The largest absolute Gasteiger partial charge is 0.383 e. The maximum atomic E-state index is 13.1. The average molecular weight is 347 g/mol. The van der Waals surface area contributed by atoms with Gasteiger partial charge in [0.1, 0.15) is 0 Å². The molecule has 1 aromatic rings. The fourth-order valence-electron chi connectivity index (χ4n) is 4.01. The second kappa shape index (κ2) is 8.74. The van der Waals surface area contributed by atoms with Gasteiger partial charge in [-0.15, -0.1) is 0 Å². The number of hydrogen-bond acceptors (Lipinski definition) is 5. The summed E-state index contributed by atoms with van der Waals surface area (Å²) in [5.41, 5.74) is 0.923. The summed E-state index contributed by atoms with van der Waals surface area (Å²) in [7, 11) is 3.61. The second-order valence-electron chi connectivity index (χ2n) is 7.07. The molecular formula is C19H29N3O3. The van der Waals surface area contributed by atoms with E-state index in [1.807, 2.05) is 30.1 Å². The number of fused-ring (bicyclic) bond motifs is 1. The van der Waals surface area contributed by atoms with Gasteiger partial charge in [0, 0.05) is 58.4 Å². The molecule has 0 radical (unpaired) electrons. The van der Waals surface area contributed by atoms with Gasteiger partial charge in [0.2, 0.25) is 5.91 Å². The molecule has 0 aliphatic carbocycles. The van der Waals surface area contributed by atoms with Crippen LogP contribution < -0.4 is 0 Å². The lowest BCUT2D eigenvalue weighted by atomic mass is 9.78. The van der Waals surface area contributed by atoms with Crippen LogP contribution in [0.2, 0.25) is 0 Å². The molecule has 3 heterocycles. The molecule has 2 aliphatic heterocycles. The van der Waals surface area contributed by atoms with Gasteiger partial charge in [-0.2, -0.15) is 0 Å². The molecule has 2 saturated heterocycles. The van der Waals surface area contributed by atoms with Crippen LogP contribution in [0.3, 0.4) is 0 Å². The number of likely N-dealkylation sites (tertiary alicyclic amines) is 1. The van der Waals surface area contributed by atoms with Crippen molar-refractivity contribution in [2.75, 3.05) is 47.0 Å². The quantitative estimate of drug-likeness (QED) is 0.779. The van der Waals surface area contributed by atoms with Crippen molar-refractivity contribution < 1.29 is 14.3 Å². The van der Waals surface area contributed by atoms with Crippen LogP contribution in [0.25, 0.3) is 0 Å². The molecule has 6 heteroatoms. The maximum absolute atomic E-state index is 13.1. The molecule has 2 fully saturated rings. The molecule has 0 saturated carbocycles. The first-order chi connectivity index (χ1) is 12.2. The molecule has 0 aromatic carbocycles. The van der Waals surface area contributed by atoms with Gasteiger partial charge in [0.15, 0.2) is 0 Å². The Morgan fingerprint density at radius 2 is 2.32 bits per heavy atom. The number of nitrogens with zero attached hydrogens (tertiary/aromatic N) is 3. The van der Waals surface area contributed by atoms with Gasteiger partial charge in [-0.05, 0) is 25.0 Å². The molecule has 3 rings (SSSR count). The van der Waals surface area contributed by atoms with Crippen molar-refractivity contribution in [1.29, 1.82) is 0 Å². The summed E-state index contributed by atoms with van der Waals surface area (Å²) >= 11 is 0. The highest BCUT2D eigenvalue weighted by molar-refractivity contribution is 5.79. The molecule has 3 atom stereocenters. The molecule has 0 unspecified atom stereocenters. The lowest BCUT2D eigenvalue weighted by molar-refractivity contribution is -0.151. The van der Waals surface area contributed by atoms with Crippen molar-refractivity contribution in [1.82, 2.24) is 14.8 Å². The van der Waals surface area contributed by atoms with Gasteiger partial charge >= 0.3 is 0 Å². The normalized spacial score (nSPS) is 26.9. The number of aromatic nitrogens is 1. The van der Waals surface area contributed by atoms with Crippen molar-refractivity contribution in [3.05, 3.63) is 30.1 Å². The zero-order valence-corrected chi connectivity index (χ0v) is 15.3. The fourth-order valence-corrected chi connectivity index (χ4v) is 4.01. The topological polar surface area (TPSA) is 54.9 Å². The predicted molar refractivity (Wildman–Crippen MR) is 95.0 cm³/mol. The Kier molecular flexibility index (Phi) is 6.39. The third-order valence-electron chi connectivity index (χ3n) is 5.38. The van der Waals surface area contributed by atoms with Gasteiger partial charge in [-0.25, -0.2) is 0 Å². The van der Waals surface area contributed by atoms with Crippen molar-refractivity contribution in [3.8, 4) is 0 Å². The van der Waals surface area contributed by atoms with Crippen LogP contribution >= 0.6 is 0 Å². The Hall–Kier alpha value is -1.50. The van der Waals surface area contributed by atoms with Gasteiger partial charge in [-0.1, -0.05) is 6.07 Å². The highest BCUT2D eigenvalue weighted by atomic mass is 16.5. The van der Waals surface area contributed by atoms with E-state index >= 15 is 0 Å². The van der Waals surface area contributed by atoms with E-state index in [4.69, 9.17) is 9.47 Å². The van der Waals surface area contributed by atoms with Gasteiger partial charge < -0.3 is 19.3 Å². The number of methoxy groups -OCH3 is 1. The minimum atomic E-state index is 0.0396. The number of ether oxygens (including phenoxy) is 2. The van der Waals surface area contributed by atoms with Crippen LogP contribution in [0.4, 0.5) is 0 Å². The van der Waals surface area contributed by atoms with E-state index in [9.17, 15) is 4.79 Å². The van der Waals surface area contributed by atoms with E-state index in [1.165, 1.54) is 0 Å². The standard InChI is InChI=1S/C19H29N3O3/c1-21(13-15-5-3-4-8-20-15)19(23)16-7-11-25-18-6-9-22(10-12-24-2)14-17(16)18/h3-5,8,16-18H,6-7,9-14H2,1-2H3/t16-,17-,18-/m1/s1. The minimum Gasteiger partial charge on any atom is -0.383 e. The summed E-state index contributed by atoms with van der Waals surface area (Å²) in [6, 6.07) is 5.81. The highest BCUT2D eigenvalue weighted by Gasteiger charge is 2.42. The molecule has 138 valence electrons. The van der Waals surface area contributed by atoms with E-state index in [0.717, 1.165) is 44.8 Å². The first-order valence-corrected chi connectivity index (χ1v) is 9.17. The number of pyridine rings is 1. The number of piperidine rings is 1. The zero-order chi connectivity index (χ0) is 17.6. The van der Waals surface area contributed by atoms with Crippen LogP contribution in [0.15, 0.2) is 24.4 Å². The molecular weight excluding hydrogens is 318 g/mol. The van der Waals surface area contributed by atoms with E-state index in [0.29, 0.717) is 13.2 Å². The number of amides is 1. The van der Waals surface area contributed by atoms with Crippen LogP contribution in [0.5, 0.6) is 0 Å². The third-order valence-corrected chi connectivity index (χ3v) is 5.38. The van der Waals surface area contributed by atoms with E-state index in [-0.39, 0.29) is 23.8 Å². The third kappa shape index (κ3) is 4.57. The van der Waals surface area contributed by atoms with Crippen molar-refractivity contribution in [3.63, 3.8) is 0 Å². The summed E-state index contributed by atoms with van der Waals surface area (Å²) in [5.74, 6) is 0.536. The monoisotopic (exact) mass is 347 g/mol. The lowest BCUT2D eigenvalue weighted by Gasteiger charge is -2.45. The van der Waals surface area contributed by atoms with Gasteiger partial charge in [-0.3, -0.25) is 9.78 Å². The molecule has 6 nitrogen and oxygen atoms in total. The zero-order valence-electron chi connectivity index (χ0n) is 15.3. The average Bonchev–Trinajstić information content (AvgIpc) is 2.66. The Balaban J connectivity index is 1.63. The van der Waals surface area contributed by atoms with Gasteiger partial charge in [0.05, 0.1) is 24.9 Å². The molecule has 1 amide bonds. The lowest BCUT2D eigenvalue weighted by Crippen LogP contribution is -2.53. The Bertz CT molecular complexity index is 554. The summed E-state index contributed by atoms with van der Waals surface area (Å²) in [5, 5.41) is 0. The van der Waals surface area contributed by atoms with Crippen molar-refractivity contribution >= 4 is 5.91 Å². The molecule has 0 bridgehead atoms. The first kappa shape index (κ1) is 18.3. The molecule has 25 heavy (non-hydrogen) atoms. The number of carbonyl (C=O) groups is 1. The van der Waals surface area contributed by atoms with Crippen LogP contribution in [0, 0.1) is 11.8 Å². The van der Waals surface area contributed by atoms with Crippen LogP contribution in [-0.4, -0.2) is 73.8 Å². The molecule has 2 aliphatic rings. The smallest absolute Gasteiger partial charge is 0.226 e. The SMILES string of the molecule is COCCN1CC[C@H]2OCC[C@@H](C(=O)N(C)Cc3ccccn3)[C@H]2C1. The van der Waals surface area contributed by atoms with Crippen LogP contribution in [0.1, 0.15) is 18.5 Å². The summed E-state index contributed by atoms with van der Waals surface area (Å²) in [4.78, 5) is 21.6. The van der Waals surface area contributed by atoms with E-state index in [1.54, 1.807) is 13.3 Å². The summed E-state index contributed by atoms with van der Waals surface area (Å²) in [6.45, 7) is 4.84. The second-order valence-corrected chi connectivity index (χ2v) is 7.07.